The van der Waals surface area contributed by atoms with Crippen LogP contribution in [0.25, 0.3) is 16.7 Å². The molecule has 0 saturated carbocycles. The SMILES string of the molecule is O=c1cc(CSc2nnnn2-c2ccc(O)cc2)c2cc3c(cc2o1)CCC3. The van der Waals surface area contributed by atoms with E-state index in [0.717, 1.165) is 35.9 Å². The molecule has 4 aromatic rings. The van der Waals surface area contributed by atoms with Gasteiger partial charge in [-0.3, -0.25) is 0 Å². The minimum atomic E-state index is -0.348. The van der Waals surface area contributed by atoms with Crippen LogP contribution in [0.5, 0.6) is 5.75 Å². The van der Waals surface area contributed by atoms with Crippen LogP contribution in [0.2, 0.25) is 0 Å². The molecule has 140 valence electrons. The Morgan fingerprint density at radius 3 is 2.71 bits per heavy atom. The number of tetrazole rings is 1. The van der Waals surface area contributed by atoms with Gasteiger partial charge in [-0.1, -0.05) is 11.8 Å². The molecule has 0 bridgehead atoms. The van der Waals surface area contributed by atoms with Crippen molar-refractivity contribution in [1.82, 2.24) is 20.2 Å². The highest BCUT2D eigenvalue weighted by Crippen LogP contribution is 2.31. The molecule has 0 fully saturated rings. The molecular weight excluding hydrogens is 376 g/mol. The summed E-state index contributed by atoms with van der Waals surface area (Å²) in [6.45, 7) is 0. The number of aromatic hydroxyl groups is 1. The van der Waals surface area contributed by atoms with Gasteiger partial charge in [-0.15, -0.1) is 5.10 Å². The first-order valence-corrected chi connectivity index (χ1v) is 9.95. The quantitative estimate of drug-likeness (QED) is 0.421. The average molecular weight is 392 g/mol. The number of phenols is 1. The van der Waals surface area contributed by atoms with Gasteiger partial charge < -0.3 is 9.52 Å². The first-order valence-electron chi connectivity index (χ1n) is 8.96. The molecule has 1 N–H and O–H groups in total. The van der Waals surface area contributed by atoms with E-state index >= 15 is 0 Å². The third-order valence-electron chi connectivity index (χ3n) is 4.93. The van der Waals surface area contributed by atoms with Crippen LogP contribution in [0.4, 0.5) is 0 Å². The van der Waals surface area contributed by atoms with Crippen molar-refractivity contribution < 1.29 is 9.52 Å². The minimum Gasteiger partial charge on any atom is -0.508 e. The molecule has 1 aliphatic carbocycles. The number of nitrogens with zero attached hydrogens (tertiary/aromatic N) is 4. The van der Waals surface area contributed by atoms with Crippen molar-refractivity contribution >= 4 is 22.7 Å². The van der Waals surface area contributed by atoms with E-state index < -0.39 is 0 Å². The second kappa shape index (κ2) is 6.79. The van der Waals surface area contributed by atoms with Crippen LogP contribution in [0, 0.1) is 0 Å². The molecule has 0 saturated heterocycles. The van der Waals surface area contributed by atoms with Gasteiger partial charge in [0.15, 0.2) is 0 Å². The van der Waals surface area contributed by atoms with Crippen molar-refractivity contribution in [3.05, 3.63) is 69.6 Å². The molecule has 2 aromatic carbocycles. The number of thioether (sulfide) groups is 1. The summed E-state index contributed by atoms with van der Waals surface area (Å²) >= 11 is 1.45. The molecular formula is C20H16N4O3S. The van der Waals surface area contributed by atoms with Crippen molar-refractivity contribution in [1.29, 1.82) is 0 Å². The number of hydrogen-bond acceptors (Lipinski definition) is 7. The number of aryl methyl sites for hydroxylation is 2. The highest BCUT2D eigenvalue weighted by atomic mass is 32.2. The van der Waals surface area contributed by atoms with Crippen molar-refractivity contribution in [3.8, 4) is 11.4 Å². The van der Waals surface area contributed by atoms with E-state index in [1.165, 1.54) is 22.9 Å². The Kier molecular flexibility index (Phi) is 4.12. The predicted molar refractivity (Wildman–Crippen MR) is 105 cm³/mol. The highest BCUT2D eigenvalue weighted by Gasteiger charge is 2.16. The molecule has 7 nitrogen and oxygen atoms in total. The number of rotatable bonds is 4. The van der Waals surface area contributed by atoms with Crippen LogP contribution in [-0.4, -0.2) is 25.3 Å². The van der Waals surface area contributed by atoms with Crippen molar-refractivity contribution in [2.75, 3.05) is 0 Å². The van der Waals surface area contributed by atoms with E-state index in [2.05, 4.69) is 21.6 Å². The normalized spacial score (nSPS) is 13.1. The van der Waals surface area contributed by atoms with Gasteiger partial charge in [-0.2, -0.15) is 4.68 Å². The van der Waals surface area contributed by atoms with Gasteiger partial charge in [0.2, 0.25) is 5.16 Å². The van der Waals surface area contributed by atoms with Gasteiger partial charge in [0, 0.05) is 17.2 Å². The summed E-state index contributed by atoms with van der Waals surface area (Å²) in [5.74, 6) is 0.723. The summed E-state index contributed by atoms with van der Waals surface area (Å²) in [6.07, 6.45) is 3.24. The Morgan fingerprint density at radius 1 is 1.11 bits per heavy atom. The zero-order chi connectivity index (χ0) is 19.1. The summed E-state index contributed by atoms with van der Waals surface area (Å²) in [7, 11) is 0. The van der Waals surface area contributed by atoms with E-state index in [1.807, 2.05) is 6.07 Å². The zero-order valence-electron chi connectivity index (χ0n) is 14.8. The Hall–Kier alpha value is -3.13. The standard InChI is InChI=1S/C20H16N4O3S/c25-16-6-4-15(5-7-16)24-20(21-22-23-24)28-11-14-10-19(26)27-18-9-13-3-1-2-12(13)8-17(14)18/h4-10,25H,1-3,11H2. The lowest BCUT2D eigenvalue weighted by molar-refractivity contribution is 0.475. The van der Waals surface area contributed by atoms with E-state index in [4.69, 9.17) is 4.42 Å². The van der Waals surface area contributed by atoms with E-state index in [1.54, 1.807) is 35.0 Å². The molecule has 5 rings (SSSR count). The smallest absolute Gasteiger partial charge is 0.336 e. The lowest BCUT2D eigenvalue weighted by Crippen LogP contribution is -2.02. The summed E-state index contributed by atoms with van der Waals surface area (Å²) in [5.41, 5.74) is 4.56. The molecule has 8 heteroatoms. The summed E-state index contributed by atoms with van der Waals surface area (Å²) in [6, 6.07) is 12.4. The van der Waals surface area contributed by atoms with Crippen molar-refractivity contribution in [2.45, 2.75) is 30.2 Å². The number of benzene rings is 2. The number of aromatic nitrogens is 4. The van der Waals surface area contributed by atoms with Gasteiger partial charge in [0.25, 0.3) is 0 Å². The fourth-order valence-electron chi connectivity index (χ4n) is 3.58. The van der Waals surface area contributed by atoms with Crippen LogP contribution in [0.3, 0.4) is 0 Å². The molecule has 2 aromatic heterocycles. The Balaban J connectivity index is 1.48. The Labute approximate surface area is 164 Å². The maximum absolute atomic E-state index is 12.0. The van der Waals surface area contributed by atoms with Crippen LogP contribution in [-0.2, 0) is 18.6 Å². The molecule has 0 unspecified atom stereocenters. The molecule has 1 aliphatic rings. The van der Waals surface area contributed by atoms with Crippen LogP contribution < -0.4 is 5.63 Å². The highest BCUT2D eigenvalue weighted by molar-refractivity contribution is 7.98. The summed E-state index contributed by atoms with van der Waals surface area (Å²) < 4.78 is 7.04. The molecule has 0 atom stereocenters. The monoisotopic (exact) mass is 392 g/mol. The first kappa shape index (κ1) is 17.0. The van der Waals surface area contributed by atoms with Crippen LogP contribution >= 0.6 is 11.8 Å². The maximum atomic E-state index is 12.0. The Morgan fingerprint density at radius 2 is 1.89 bits per heavy atom. The third-order valence-corrected chi connectivity index (χ3v) is 5.90. The van der Waals surface area contributed by atoms with E-state index in [-0.39, 0.29) is 11.4 Å². The zero-order valence-corrected chi connectivity index (χ0v) is 15.6. The molecule has 0 radical (unpaired) electrons. The van der Waals surface area contributed by atoms with Crippen LogP contribution in [0.1, 0.15) is 23.1 Å². The minimum absolute atomic E-state index is 0.182. The Bertz CT molecular complexity index is 1230. The second-order valence-electron chi connectivity index (χ2n) is 6.74. The summed E-state index contributed by atoms with van der Waals surface area (Å²) in [4.78, 5) is 12.0. The predicted octanol–water partition coefficient (Wildman–Crippen LogP) is 3.26. The van der Waals surface area contributed by atoms with Gasteiger partial charge >= 0.3 is 5.63 Å². The molecule has 0 aliphatic heterocycles. The van der Waals surface area contributed by atoms with Crippen molar-refractivity contribution in [3.63, 3.8) is 0 Å². The van der Waals surface area contributed by atoms with Gasteiger partial charge in [0.1, 0.15) is 11.3 Å². The average Bonchev–Trinajstić information content (AvgIpc) is 3.34. The lowest BCUT2D eigenvalue weighted by atomic mass is 10.0. The topological polar surface area (TPSA) is 94.0 Å². The van der Waals surface area contributed by atoms with E-state index in [0.29, 0.717) is 16.5 Å². The largest absolute Gasteiger partial charge is 0.508 e. The van der Waals surface area contributed by atoms with Crippen LogP contribution in [0.15, 0.2) is 56.8 Å². The van der Waals surface area contributed by atoms with Gasteiger partial charge in [-0.25, -0.2) is 4.79 Å². The number of phenolic OH excluding ortho intramolecular Hbond substituents is 1. The summed E-state index contributed by atoms with van der Waals surface area (Å²) in [5, 5.41) is 22.9. The second-order valence-corrected chi connectivity index (χ2v) is 7.68. The fourth-order valence-corrected chi connectivity index (χ4v) is 4.46. The van der Waals surface area contributed by atoms with Crippen molar-refractivity contribution in [2.24, 2.45) is 0 Å². The molecule has 0 amide bonds. The molecule has 28 heavy (non-hydrogen) atoms. The van der Waals surface area contributed by atoms with Gasteiger partial charge in [-0.05, 0) is 82.8 Å². The number of fused-ring (bicyclic) bond motifs is 2. The third kappa shape index (κ3) is 3.05. The van der Waals surface area contributed by atoms with Gasteiger partial charge in [0.05, 0.1) is 5.69 Å². The lowest BCUT2D eigenvalue weighted by Gasteiger charge is -2.08. The van der Waals surface area contributed by atoms with E-state index in [9.17, 15) is 9.90 Å². The first-order chi connectivity index (χ1) is 13.7. The number of hydrogen-bond donors (Lipinski definition) is 1. The molecule has 0 spiro atoms. The molecule has 2 heterocycles. The fraction of sp³-hybridized carbons (Fsp3) is 0.200. The maximum Gasteiger partial charge on any atom is 0.336 e.